The summed E-state index contributed by atoms with van der Waals surface area (Å²) in [5.41, 5.74) is 8.89. The number of β-amino-alcohol motifs (C(OH)–C–C–N with tert-alkyl or cyclic N) is 1. The quantitative estimate of drug-likeness (QED) is 0.191. The molecule has 0 radical (unpaired) electrons. The van der Waals surface area contributed by atoms with Crippen molar-refractivity contribution < 1.29 is 19.8 Å². The van der Waals surface area contributed by atoms with Gasteiger partial charge in [0, 0.05) is 54.9 Å². The van der Waals surface area contributed by atoms with Crippen molar-refractivity contribution in [2.24, 2.45) is 5.73 Å². The first-order valence-corrected chi connectivity index (χ1v) is 17.3. The van der Waals surface area contributed by atoms with Gasteiger partial charge in [0.1, 0.15) is 48.2 Å². The first-order chi connectivity index (χ1) is 24.3. The van der Waals surface area contributed by atoms with Gasteiger partial charge in [-0.25, -0.2) is 39.9 Å². The lowest BCUT2D eigenvalue weighted by Crippen LogP contribution is -2.51. The maximum absolute atomic E-state index is 10.7. The molecule has 5 rings (SSSR count). The number of aliphatic hydroxyl groups excluding tert-OH is 1. The van der Waals surface area contributed by atoms with Crippen LogP contribution in [-0.4, -0.2) is 81.1 Å². The minimum Gasteiger partial charge on any atom is -0.389 e. The maximum Gasteiger partial charge on any atom is 0.267 e. The van der Waals surface area contributed by atoms with E-state index in [-0.39, 0.29) is 23.6 Å². The van der Waals surface area contributed by atoms with Crippen LogP contribution >= 0.6 is 0 Å². The van der Waals surface area contributed by atoms with Gasteiger partial charge in [0.2, 0.25) is 5.91 Å². The van der Waals surface area contributed by atoms with E-state index in [9.17, 15) is 19.8 Å². The van der Waals surface area contributed by atoms with Gasteiger partial charge in [-0.2, -0.15) is 0 Å². The Morgan fingerprint density at radius 3 is 1.62 bits per heavy atom. The standard InChI is InChI=1S/C10H15N3O.C10H16N2O.C9H13N3O.C8H11N3O/c1-7(2)9-3-10(12-6-11-9)13-4-8(14)5-13;1-7(2)8-5-9(10(3,4)13)12-6-11-8;1-6(2)8-4-9(11-5-10-8)12-7(3)13;1-5(2)6-3-7(8(9)12)11-4-10-6/h3,6-8,14H,4-5H2,1-2H3;5-7,13H,1-4H3;4-6H,1-3H3,(H,10,11,12,13);3-5H,1-2H3,(H2,9,12). The van der Waals surface area contributed by atoms with Crippen LogP contribution in [0.15, 0.2) is 49.6 Å². The minimum atomic E-state index is -0.882. The summed E-state index contributed by atoms with van der Waals surface area (Å²) < 4.78 is 0. The first-order valence-electron chi connectivity index (χ1n) is 17.3. The van der Waals surface area contributed by atoms with Crippen LogP contribution in [0.25, 0.3) is 0 Å². The third kappa shape index (κ3) is 14.7. The molecule has 15 heteroatoms. The van der Waals surface area contributed by atoms with Crippen molar-refractivity contribution in [3.63, 3.8) is 0 Å². The molecule has 4 aromatic heterocycles. The summed E-state index contributed by atoms with van der Waals surface area (Å²) in [5, 5.41) is 21.5. The average molecular weight is 718 g/mol. The predicted molar refractivity (Wildman–Crippen MR) is 201 cm³/mol. The number of hydrogen-bond donors (Lipinski definition) is 4. The summed E-state index contributed by atoms with van der Waals surface area (Å²) in [7, 11) is 0. The fraction of sp³-hybridized carbons (Fsp3) is 0.514. The van der Waals surface area contributed by atoms with Crippen molar-refractivity contribution in [2.75, 3.05) is 23.3 Å². The van der Waals surface area contributed by atoms with E-state index < -0.39 is 11.5 Å². The van der Waals surface area contributed by atoms with Gasteiger partial charge in [-0.1, -0.05) is 55.4 Å². The maximum atomic E-state index is 10.7. The van der Waals surface area contributed by atoms with Crippen LogP contribution in [-0.2, 0) is 10.4 Å². The van der Waals surface area contributed by atoms with Crippen LogP contribution in [0.1, 0.15) is 139 Å². The van der Waals surface area contributed by atoms with E-state index >= 15 is 0 Å². The number of amides is 2. The molecular weight excluding hydrogens is 662 g/mol. The van der Waals surface area contributed by atoms with Crippen LogP contribution in [0.4, 0.5) is 11.6 Å². The van der Waals surface area contributed by atoms with Crippen LogP contribution < -0.4 is 16.0 Å². The number of carbonyl (C=O) groups is 2. The zero-order valence-electron chi connectivity index (χ0n) is 32.2. The van der Waals surface area contributed by atoms with Gasteiger partial charge in [-0.15, -0.1) is 0 Å². The Balaban J connectivity index is 0.000000241. The second-order valence-electron chi connectivity index (χ2n) is 14.1. The van der Waals surface area contributed by atoms with E-state index in [1.807, 2.05) is 39.8 Å². The molecule has 0 saturated carbocycles. The zero-order chi connectivity index (χ0) is 39.2. The Bertz CT molecular complexity index is 1720. The highest BCUT2D eigenvalue weighted by Crippen LogP contribution is 2.22. The molecule has 0 aromatic carbocycles. The molecule has 52 heavy (non-hydrogen) atoms. The normalized spacial score (nSPS) is 12.6. The van der Waals surface area contributed by atoms with Gasteiger partial charge in [-0.05, 0) is 49.7 Å². The van der Waals surface area contributed by atoms with E-state index in [1.165, 1.54) is 25.9 Å². The molecule has 5 heterocycles. The Morgan fingerprint density at radius 2 is 1.15 bits per heavy atom. The highest BCUT2D eigenvalue weighted by atomic mass is 16.3. The van der Waals surface area contributed by atoms with E-state index in [0.717, 1.165) is 28.6 Å². The third-order valence-corrected chi connectivity index (χ3v) is 7.47. The fourth-order valence-electron chi connectivity index (χ4n) is 4.27. The van der Waals surface area contributed by atoms with Gasteiger partial charge < -0.3 is 26.2 Å². The highest BCUT2D eigenvalue weighted by Gasteiger charge is 2.25. The number of primary amides is 1. The van der Waals surface area contributed by atoms with Crippen molar-refractivity contribution in [1.29, 1.82) is 0 Å². The Morgan fingerprint density at radius 1 is 0.712 bits per heavy atom. The molecule has 0 bridgehead atoms. The van der Waals surface area contributed by atoms with Crippen molar-refractivity contribution >= 4 is 23.5 Å². The Hall–Kier alpha value is -5.02. The monoisotopic (exact) mass is 717 g/mol. The van der Waals surface area contributed by atoms with Gasteiger partial charge in [0.15, 0.2) is 0 Å². The van der Waals surface area contributed by atoms with E-state index in [4.69, 9.17) is 5.73 Å². The lowest BCUT2D eigenvalue weighted by atomic mass is 10.0. The first kappa shape index (κ1) is 43.1. The molecule has 0 spiro atoms. The van der Waals surface area contributed by atoms with Crippen molar-refractivity contribution in [2.45, 2.75) is 112 Å². The van der Waals surface area contributed by atoms with Crippen LogP contribution in [0.2, 0.25) is 0 Å². The number of aromatic nitrogens is 8. The molecule has 0 atom stereocenters. The topological polar surface area (TPSA) is 219 Å². The zero-order valence-corrected chi connectivity index (χ0v) is 32.2. The number of aliphatic hydroxyl groups is 2. The molecule has 1 saturated heterocycles. The number of hydrogen-bond acceptors (Lipinski definition) is 13. The lowest BCUT2D eigenvalue weighted by Gasteiger charge is -2.36. The highest BCUT2D eigenvalue weighted by molar-refractivity contribution is 5.90. The molecule has 15 nitrogen and oxygen atoms in total. The molecule has 2 amide bonds. The van der Waals surface area contributed by atoms with E-state index in [1.54, 1.807) is 32.3 Å². The average Bonchev–Trinajstić information content (AvgIpc) is 3.07. The molecule has 0 unspecified atom stereocenters. The summed E-state index contributed by atoms with van der Waals surface area (Å²) in [4.78, 5) is 55.8. The summed E-state index contributed by atoms with van der Waals surface area (Å²) in [6.45, 7) is 22.7. The van der Waals surface area contributed by atoms with Crippen molar-refractivity contribution in [3.8, 4) is 0 Å². The van der Waals surface area contributed by atoms with Gasteiger partial charge in [0.25, 0.3) is 5.91 Å². The smallest absolute Gasteiger partial charge is 0.267 e. The number of nitrogens with two attached hydrogens (primary N) is 1. The van der Waals surface area contributed by atoms with Gasteiger partial charge in [0.05, 0.1) is 11.8 Å². The Labute approximate surface area is 307 Å². The Kier molecular flexibility index (Phi) is 16.7. The third-order valence-electron chi connectivity index (χ3n) is 7.47. The largest absolute Gasteiger partial charge is 0.389 e. The SMILES string of the molecule is CC(=O)Nc1cc(C(C)C)ncn1.CC(C)c1cc(C(C)(C)O)ncn1.CC(C)c1cc(C(N)=O)ncn1.CC(C)c1cc(N2CC(O)C2)ncn1. The minimum absolute atomic E-state index is 0.117. The summed E-state index contributed by atoms with van der Waals surface area (Å²) in [5.74, 6) is 2.27. The predicted octanol–water partition coefficient (Wildman–Crippen LogP) is 4.87. The van der Waals surface area contributed by atoms with Gasteiger partial charge >= 0.3 is 0 Å². The second-order valence-corrected chi connectivity index (χ2v) is 14.1. The van der Waals surface area contributed by atoms with Gasteiger partial charge in [-0.3, -0.25) is 9.59 Å². The van der Waals surface area contributed by atoms with Crippen molar-refractivity contribution in [1.82, 2.24) is 39.9 Å². The van der Waals surface area contributed by atoms with Crippen LogP contribution in [0.3, 0.4) is 0 Å². The molecule has 282 valence electrons. The van der Waals surface area contributed by atoms with Crippen molar-refractivity contribution in [3.05, 3.63) is 83.7 Å². The van der Waals surface area contributed by atoms with E-state index in [2.05, 4.69) is 77.8 Å². The molecule has 1 aliphatic heterocycles. The summed E-state index contributed by atoms with van der Waals surface area (Å²) in [6.07, 6.45) is 5.72. The summed E-state index contributed by atoms with van der Waals surface area (Å²) in [6, 6.07) is 7.25. The fourth-order valence-corrected chi connectivity index (χ4v) is 4.27. The number of carbonyl (C=O) groups excluding carboxylic acids is 2. The molecule has 4 aromatic rings. The number of nitrogens with one attached hydrogen (secondary N) is 1. The lowest BCUT2D eigenvalue weighted by molar-refractivity contribution is -0.114. The summed E-state index contributed by atoms with van der Waals surface area (Å²) >= 11 is 0. The van der Waals surface area contributed by atoms with Crippen LogP contribution in [0, 0.1) is 0 Å². The number of anilines is 2. The molecule has 1 aliphatic rings. The number of rotatable bonds is 8. The van der Waals surface area contributed by atoms with Crippen LogP contribution in [0.5, 0.6) is 0 Å². The molecule has 1 fully saturated rings. The van der Waals surface area contributed by atoms with E-state index in [0.29, 0.717) is 42.4 Å². The molecule has 5 N–H and O–H groups in total. The molecule has 0 aliphatic carbocycles. The second kappa shape index (κ2) is 20.1. The molecular formula is C37H55N11O4. The number of nitrogens with zero attached hydrogens (tertiary/aromatic N) is 9.